The molecule has 0 aliphatic rings. The first kappa shape index (κ1) is 14.8. The lowest BCUT2D eigenvalue weighted by Gasteiger charge is -2.21. The summed E-state index contributed by atoms with van der Waals surface area (Å²) in [7, 11) is 0. The topological polar surface area (TPSA) is 44.1 Å². The summed E-state index contributed by atoms with van der Waals surface area (Å²) in [5, 5.41) is 8.78. The second-order valence-corrected chi connectivity index (χ2v) is 4.88. The van der Waals surface area contributed by atoms with Crippen LogP contribution < -0.4 is 0 Å². The highest BCUT2D eigenvalue weighted by atomic mass is 16.2. The van der Waals surface area contributed by atoms with Gasteiger partial charge in [-0.3, -0.25) is 4.79 Å². The van der Waals surface area contributed by atoms with E-state index in [-0.39, 0.29) is 5.91 Å². The van der Waals surface area contributed by atoms with Gasteiger partial charge < -0.3 is 4.90 Å². The Kier molecular flexibility index (Phi) is 5.11. The van der Waals surface area contributed by atoms with Gasteiger partial charge in [0.15, 0.2) is 0 Å². The SMILES string of the molecule is CCN(Cc1ccccc1)C(=O)Cc1ccc(C#N)cc1. The van der Waals surface area contributed by atoms with Crippen LogP contribution in [0.2, 0.25) is 0 Å². The fourth-order valence-electron chi connectivity index (χ4n) is 2.16. The standard InChI is InChI=1S/C18H18N2O/c1-2-20(14-17-6-4-3-5-7-17)18(21)12-15-8-10-16(13-19)11-9-15/h3-11H,2,12,14H2,1H3. The van der Waals surface area contributed by atoms with E-state index >= 15 is 0 Å². The Hall–Kier alpha value is -2.60. The summed E-state index contributed by atoms with van der Waals surface area (Å²) in [4.78, 5) is 14.2. The maximum atomic E-state index is 12.4. The molecule has 2 rings (SSSR count). The van der Waals surface area contributed by atoms with Crippen LogP contribution in [0.5, 0.6) is 0 Å². The lowest BCUT2D eigenvalue weighted by molar-refractivity contribution is -0.130. The second-order valence-electron chi connectivity index (χ2n) is 4.88. The van der Waals surface area contributed by atoms with E-state index < -0.39 is 0 Å². The van der Waals surface area contributed by atoms with Crippen LogP contribution in [0.3, 0.4) is 0 Å². The van der Waals surface area contributed by atoms with Crippen LogP contribution in [0.15, 0.2) is 54.6 Å². The van der Waals surface area contributed by atoms with Crippen molar-refractivity contribution in [1.29, 1.82) is 5.26 Å². The summed E-state index contributed by atoms with van der Waals surface area (Å²) in [5.41, 5.74) is 2.68. The Morgan fingerprint density at radius 3 is 2.29 bits per heavy atom. The molecule has 0 aliphatic carbocycles. The highest BCUT2D eigenvalue weighted by molar-refractivity contribution is 5.78. The van der Waals surface area contributed by atoms with E-state index in [2.05, 4.69) is 6.07 Å². The van der Waals surface area contributed by atoms with Gasteiger partial charge in [0.25, 0.3) is 0 Å². The molecule has 0 atom stereocenters. The van der Waals surface area contributed by atoms with Crippen molar-refractivity contribution in [1.82, 2.24) is 4.90 Å². The number of nitrogens with zero attached hydrogens (tertiary/aromatic N) is 2. The third kappa shape index (κ3) is 4.19. The smallest absolute Gasteiger partial charge is 0.227 e. The molecule has 0 radical (unpaired) electrons. The Morgan fingerprint density at radius 2 is 1.71 bits per heavy atom. The van der Waals surface area contributed by atoms with Gasteiger partial charge in [0, 0.05) is 13.1 Å². The van der Waals surface area contributed by atoms with Gasteiger partial charge in [-0.15, -0.1) is 0 Å². The lowest BCUT2D eigenvalue weighted by atomic mass is 10.1. The summed E-state index contributed by atoms with van der Waals surface area (Å²) in [6.07, 6.45) is 0.367. The number of nitriles is 1. The zero-order chi connectivity index (χ0) is 15.1. The Balaban J connectivity index is 2.01. The molecule has 0 aliphatic heterocycles. The summed E-state index contributed by atoms with van der Waals surface area (Å²) < 4.78 is 0. The second kappa shape index (κ2) is 7.25. The highest BCUT2D eigenvalue weighted by Gasteiger charge is 2.12. The molecule has 3 heteroatoms. The molecule has 106 valence electrons. The molecule has 3 nitrogen and oxygen atoms in total. The lowest BCUT2D eigenvalue weighted by Crippen LogP contribution is -2.31. The number of carbonyl (C=O) groups excluding carboxylic acids is 1. The van der Waals surface area contributed by atoms with E-state index in [1.807, 2.05) is 54.3 Å². The van der Waals surface area contributed by atoms with Crippen LogP contribution in [0.1, 0.15) is 23.6 Å². The van der Waals surface area contributed by atoms with Gasteiger partial charge in [-0.2, -0.15) is 5.26 Å². The third-order valence-corrected chi connectivity index (χ3v) is 3.39. The van der Waals surface area contributed by atoms with Crippen molar-refractivity contribution in [3.05, 3.63) is 71.3 Å². The normalized spacial score (nSPS) is 9.90. The first-order chi connectivity index (χ1) is 10.2. The van der Waals surface area contributed by atoms with Crippen LogP contribution in [0, 0.1) is 11.3 Å². The molecular weight excluding hydrogens is 260 g/mol. The molecule has 0 heterocycles. The molecule has 1 amide bonds. The maximum absolute atomic E-state index is 12.4. The number of carbonyl (C=O) groups is 1. The zero-order valence-corrected chi connectivity index (χ0v) is 12.1. The van der Waals surface area contributed by atoms with Crippen molar-refractivity contribution >= 4 is 5.91 Å². The minimum atomic E-state index is 0.103. The molecule has 0 bridgehead atoms. The van der Waals surface area contributed by atoms with E-state index in [9.17, 15) is 4.79 Å². The Morgan fingerprint density at radius 1 is 1.05 bits per heavy atom. The van der Waals surface area contributed by atoms with Gasteiger partial charge in [0.05, 0.1) is 18.1 Å². The zero-order valence-electron chi connectivity index (χ0n) is 12.1. The monoisotopic (exact) mass is 278 g/mol. The van der Waals surface area contributed by atoms with Gasteiger partial charge in [-0.25, -0.2) is 0 Å². The van der Waals surface area contributed by atoms with Crippen LogP contribution in [-0.4, -0.2) is 17.4 Å². The van der Waals surface area contributed by atoms with Crippen molar-refractivity contribution in [2.24, 2.45) is 0 Å². The van der Waals surface area contributed by atoms with E-state index in [1.54, 1.807) is 12.1 Å². The number of rotatable bonds is 5. The summed E-state index contributed by atoms with van der Waals surface area (Å²) in [6, 6.07) is 19.2. The number of hydrogen-bond acceptors (Lipinski definition) is 2. The quantitative estimate of drug-likeness (QED) is 0.843. The van der Waals surface area contributed by atoms with Gasteiger partial charge in [-0.1, -0.05) is 42.5 Å². The van der Waals surface area contributed by atoms with Gasteiger partial charge >= 0.3 is 0 Å². The van der Waals surface area contributed by atoms with Gasteiger partial charge in [0.2, 0.25) is 5.91 Å². The molecule has 21 heavy (non-hydrogen) atoms. The Labute approximate surface area is 125 Å². The van der Waals surface area contributed by atoms with Gasteiger partial charge in [-0.05, 0) is 30.2 Å². The van der Waals surface area contributed by atoms with Crippen LogP contribution >= 0.6 is 0 Å². The number of hydrogen-bond donors (Lipinski definition) is 0. The highest BCUT2D eigenvalue weighted by Crippen LogP contribution is 2.09. The van der Waals surface area contributed by atoms with Crippen molar-refractivity contribution in [2.45, 2.75) is 19.9 Å². The van der Waals surface area contributed by atoms with E-state index in [0.717, 1.165) is 11.1 Å². The molecule has 0 saturated heterocycles. The molecule has 0 N–H and O–H groups in total. The number of likely N-dealkylation sites (N-methyl/N-ethyl adjacent to an activating group) is 1. The predicted molar refractivity (Wildman–Crippen MR) is 82.4 cm³/mol. The average molecular weight is 278 g/mol. The molecule has 0 saturated carbocycles. The average Bonchev–Trinajstić information content (AvgIpc) is 2.54. The minimum Gasteiger partial charge on any atom is -0.338 e. The molecule has 0 spiro atoms. The Bertz CT molecular complexity index is 627. The van der Waals surface area contributed by atoms with Crippen LogP contribution in [0.4, 0.5) is 0 Å². The van der Waals surface area contributed by atoms with Crippen molar-refractivity contribution in [2.75, 3.05) is 6.54 Å². The molecule has 0 aromatic heterocycles. The van der Waals surface area contributed by atoms with Crippen LogP contribution in [-0.2, 0) is 17.8 Å². The van der Waals surface area contributed by atoms with Crippen molar-refractivity contribution < 1.29 is 4.79 Å². The summed E-state index contributed by atoms with van der Waals surface area (Å²) in [6.45, 7) is 3.30. The van der Waals surface area contributed by atoms with E-state index in [4.69, 9.17) is 5.26 Å². The molecular formula is C18H18N2O. The first-order valence-corrected chi connectivity index (χ1v) is 7.03. The first-order valence-electron chi connectivity index (χ1n) is 7.03. The van der Waals surface area contributed by atoms with E-state index in [0.29, 0.717) is 25.1 Å². The maximum Gasteiger partial charge on any atom is 0.227 e. The number of amides is 1. The van der Waals surface area contributed by atoms with Crippen molar-refractivity contribution in [3.8, 4) is 6.07 Å². The summed E-state index contributed by atoms with van der Waals surface area (Å²) >= 11 is 0. The molecule has 2 aromatic rings. The van der Waals surface area contributed by atoms with Crippen LogP contribution in [0.25, 0.3) is 0 Å². The minimum absolute atomic E-state index is 0.103. The number of benzene rings is 2. The van der Waals surface area contributed by atoms with E-state index in [1.165, 1.54) is 0 Å². The fourth-order valence-corrected chi connectivity index (χ4v) is 2.16. The molecule has 0 fully saturated rings. The van der Waals surface area contributed by atoms with Gasteiger partial charge in [0.1, 0.15) is 0 Å². The predicted octanol–water partition coefficient (Wildman–Crippen LogP) is 3.15. The molecule has 0 unspecified atom stereocenters. The summed E-state index contributed by atoms with van der Waals surface area (Å²) in [5.74, 6) is 0.103. The third-order valence-electron chi connectivity index (χ3n) is 3.39. The van der Waals surface area contributed by atoms with Crippen molar-refractivity contribution in [3.63, 3.8) is 0 Å². The molecule has 2 aromatic carbocycles. The largest absolute Gasteiger partial charge is 0.338 e. The fraction of sp³-hybridized carbons (Fsp3) is 0.222.